The molecule has 1 saturated carbocycles. The summed E-state index contributed by atoms with van der Waals surface area (Å²) in [5.41, 5.74) is 0.0577. The molecule has 0 amide bonds. The lowest BCUT2D eigenvalue weighted by Gasteiger charge is -2.40. The van der Waals surface area contributed by atoms with E-state index in [2.05, 4.69) is 15.1 Å². The highest BCUT2D eigenvalue weighted by Gasteiger charge is 2.42. The Bertz CT molecular complexity index is 1070. The monoisotopic (exact) mass is 512 g/mol. The minimum absolute atomic E-state index is 0.0577. The largest absolute Gasteiger partial charge is 0.379 e. The molecule has 176 valence electrons. The molecule has 3 rings (SSSR count). The summed E-state index contributed by atoms with van der Waals surface area (Å²) in [5, 5.41) is 4.04. The van der Waals surface area contributed by atoms with Crippen LogP contribution in [-0.4, -0.2) is 56.9 Å². The Morgan fingerprint density at radius 1 is 1.38 bits per heavy atom. The van der Waals surface area contributed by atoms with E-state index in [0.717, 1.165) is 23.5 Å². The molecule has 2 atom stereocenters. The fourth-order valence-electron chi connectivity index (χ4n) is 3.50. The lowest BCUT2D eigenvalue weighted by Crippen LogP contribution is -2.50. The molecule has 0 unspecified atom stereocenters. The van der Waals surface area contributed by atoms with Gasteiger partial charge in [0.1, 0.15) is 10.7 Å². The molecule has 1 aromatic heterocycles. The molecule has 1 heterocycles. The van der Waals surface area contributed by atoms with E-state index in [9.17, 15) is 26.4 Å². The number of hydrogen-bond acceptors (Lipinski definition) is 8. The van der Waals surface area contributed by atoms with Gasteiger partial charge in [-0.1, -0.05) is 16.1 Å². The Labute approximate surface area is 191 Å². The lowest BCUT2D eigenvalue weighted by atomic mass is 9.86. The summed E-state index contributed by atoms with van der Waals surface area (Å²) in [6.07, 6.45) is 0.671. The van der Waals surface area contributed by atoms with Crippen molar-refractivity contribution >= 4 is 50.3 Å². The van der Waals surface area contributed by atoms with Crippen molar-refractivity contribution in [2.45, 2.75) is 42.2 Å². The molecule has 32 heavy (non-hydrogen) atoms. The summed E-state index contributed by atoms with van der Waals surface area (Å²) in [4.78, 5) is 19.9. The first kappa shape index (κ1) is 24.6. The normalized spacial score (nSPS) is 20.7. The van der Waals surface area contributed by atoms with Crippen LogP contribution in [0.25, 0.3) is 0 Å². The minimum atomic E-state index is -4.70. The van der Waals surface area contributed by atoms with Crippen molar-refractivity contribution in [3.8, 4) is 0 Å². The SMILES string of the molecule is CN(C)[C@@H]1CC(F)(F)CC[C@H]1Nc1cc(F)c(S(=O)(=O)N(OC=O)c2nccs2)cc1Cl. The Morgan fingerprint density at radius 2 is 2.09 bits per heavy atom. The van der Waals surface area contributed by atoms with Gasteiger partial charge in [0.25, 0.3) is 0 Å². The van der Waals surface area contributed by atoms with Crippen molar-refractivity contribution in [2.75, 3.05) is 23.9 Å². The number of alkyl halides is 2. The van der Waals surface area contributed by atoms with Crippen LogP contribution in [-0.2, 0) is 19.7 Å². The molecule has 0 aliphatic heterocycles. The second-order valence-corrected chi connectivity index (χ2v) is 10.4. The number of carbonyl (C=O) groups is 1. The van der Waals surface area contributed by atoms with Gasteiger partial charge in [-0.05, 0) is 32.6 Å². The van der Waals surface area contributed by atoms with Gasteiger partial charge in [0.05, 0.1) is 10.7 Å². The fraction of sp³-hybridized carbons (Fsp3) is 0.444. The number of nitrogens with one attached hydrogen (secondary N) is 1. The summed E-state index contributed by atoms with van der Waals surface area (Å²) in [6.45, 7) is -0.130. The van der Waals surface area contributed by atoms with E-state index in [1.165, 1.54) is 11.6 Å². The van der Waals surface area contributed by atoms with Gasteiger partial charge in [-0.2, -0.15) is 8.42 Å². The van der Waals surface area contributed by atoms with E-state index >= 15 is 0 Å². The van der Waals surface area contributed by atoms with Crippen LogP contribution in [0.4, 0.5) is 24.0 Å². The third-order valence-corrected chi connectivity index (χ3v) is 7.76. The highest BCUT2D eigenvalue weighted by Crippen LogP contribution is 2.38. The quantitative estimate of drug-likeness (QED) is 0.425. The van der Waals surface area contributed by atoms with Gasteiger partial charge in [0.2, 0.25) is 11.1 Å². The van der Waals surface area contributed by atoms with Gasteiger partial charge in [-0.25, -0.2) is 18.2 Å². The van der Waals surface area contributed by atoms with E-state index in [0.29, 0.717) is 0 Å². The molecule has 1 aliphatic rings. The van der Waals surface area contributed by atoms with Crippen LogP contribution in [0.2, 0.25) is 5.02 Å². The number of anilines is 2. The molecule has 0 saturated heterocycles. The smallest absolute Gasteiger partial charge is 0.322 e. The van der Waals surface area contributed by atoms with Gasteiger partial charge < -0.3 is 15.1 Å². The minimum Gasteiger partial charge on any atom is -0.379 e. The first-order valence-corrected chi connectivity index (χ1v) is 12.0. The average Bonchev–Trinajstić information content (AvgIpc) is 3.23. The lowest BCUT2D eigenvalue weighted by molar-refractivity contribution is -0.128. The summed E-state index contributed by atoms with van der Waals surface area (Å²) in [5.74, 6) is -3.98. The molecule has 14 heteroatoms. The number of sulfonamides is 1. The molecule has 8 nitrogen and oxygen atoms in total. The number of aromatic nitrogens is 1. The molecule has 1 N–H and O–H groups in total. The number of benzene rings is 1. The van der Waals surface area contributed by atoms with Gasteiger partial charge in [0, 0.05) is 36.5 Å². The summed E-state index contributed by atoms with van der Waals surface area (Å²) >= 11 is 7.07. The van der Waals surface area contributed by atoms with E-state index in [4.69, 9.17) is 11.6 Å². The van der Waals surface area contributed by atoms with Gasteiger partial charge in [0.15, 0.2) is 0 Å². The summed E-state index contributed by atoms with van der Waals surface area (Å²) < 4.78 is 68.6. The highest BCUT2D eigenvalue weighted by molar-refractivity contribution is 7.92. The van der Waals surface area contributed by atoms with Crippen LogP contribution in [0.1, 0.15) is 19.3 Å². The average molecular weight is 513 g/mol. The van der Waals surface area contributed by atoms with Crippen LogP contribution in [0.5, 0.6) is 0 Å². The standard InChI is InChI=1S/C18H20ClF3N4O4S2/c1-25(2)15-9-18(21,22)4-3-13(15)24-14-8-12(20)16(7-11(14)19)32(28,29)26(30-10-27)17-23-5-6-31-17/h5-8,10,13,15,24H,3-4,9H2,1-2H3/t13-,15-/m1/s1. The van der Waals surface area contributed by atoms with Crippen molar-refractivity contribution in [3.63, 3.8) is 0 Å². The van der Waals surface area contributed by atoms with Crippen molar-refractivity contribution in [3.05, 3.63) is 34.5 Å². The van der Waals surface area contributed by atoms with Crippen molar-refractivity contribution in [1.82, 2.24) is 9.88 Å². The van der Waals surface area contributed by atoms with Crippen LogP contribution in [0.15, 0.2) is 28.6 Å². The van der Waals surface area contributed by atoms with Crippen molar-refractivity contribution < 1.29 is 31.2 Å². The van der Waals surface area contributed by atoms with Crippen LogP contribution < -0.4 is 9.79 Å². The zero-order valence-corrected chi connectivity index (χ0v) is 19.4. The second kappa shape index (κ2) is 9.41. The predicted octanol–water partition coefficient (Wildman–Crippen LogP) is 3.75. The Hall–Kier alpha value is -2.09. The molecule has 1 aliphatic carbocycles. The maximum atomic E-state index is 14.9. The first-order valence-electron chi connectivity index (χ1n) is 9.31. The van der Waals surface area contributed by atoms with Gasteiger partial charge >= 0.3 is 16.5 Å². The number of halogens is 4. The zero-order chi connectivity index (χ0) is 23.7. The van der Waals surface area contributed by atoms with E-state index in [-0.39, 0.29) is 46.0 Å². The molecular formula is C18H20ClF3N4O4S2. The van der Waals surface area contributed by atoms with Crippen molar-refractivity contribution in [1.29, 1.82) is 0 Å². The molecule has 0 radical (unpaired) electrons. The van der Waals surface area contributed by atoms with Crippen LogP contribution in [0, 0.1) is 5.82 Å². The molecule has 0 bridgehead atoms. The van der Waals surface area contributed by atoms with Crippen LogP contribution >= 0.6 is 22.9 Å². The fourth-order valence-corrected chi connectivity index (χ4v) is 5.85. The Morgan fingerprint density at radius 3 is 2.69 bits per heavy atom. The van der Waals surface area contributed by atoms with E-state index in [1.807, 2.05) is 0 Å². The van der Waals surface area contributed by atoms with Gasteiger partial charge in [-0.15, -0.1) is 11.3 Å². The Balaban J connectivity index is 1.92. The number of thiazole rings is 1. The number of nitrogens with zero attached hydrogens (tertiary/aromatic N) is 3. The molecule has 1 fully saturated rings. The molecule has 1 aromatic carbocycles. The Kier molecular flexibility index (Phi) is 7.22. The van der Waals surface area contributed by atoms with Crippen molar-refractivity contribution in [2.24, 2.45) is 0 Å². The van der Waals surface area contributed by atoms with E-state index < -0.39 is 38.7 Å². The van der Waals surface area contributed by atoms with Crippen LogP contribution in [0.3, 0.4) is 0 Å². The molecular weight excluding hydrogens is 493 g/mol. The highest BCUT2D eigenvalue weighted by atomic mass is 35.5. The third kappa shape index (κ3) is 5.11. The number of rotatable bonds is 8. The number of hydrogen-bond donors (Lipinski definition) is 1. The third-order valence-electron chi connectivity index (χ3n) is 5.03. The van der Waals surface area contributed by atoms with Gasteiger partial charge in [-0.3, -0.25) is 4.79 Å². The molecule has 0 spiro atoms. The zero-order valence-electron chi connectivity index (χ0n) is 17.0. The topological polar surface area (TPSA) is 91.8 Å². The molecule has 2 aromatic rings. The summed E-state index contributed by atoms with van der Waals surface area (Å²) in [7, 11) is -1.36. The maximum Gasteiger partial charge on any atom is 0.322 e. The summed E-state index contributed by atoms with van der Waals surface area (Å²) in [6, 6.07) is 0.720. The number of carbonyl (C=O) groups excluding carboxylic acids is 1. The second-order valence-electron chi connectivity index (χ2n) is 7.39. The maximum absolute atomic E-state index is 14.9. The number of likely N-dealkylation sites (N-methyl/N-ethyl adjacent to an activating group) is 1. The first-order chi connectivity index (χ1) is 15.0. The van der Waals surface area contributed by atoms with E-state index in [1.54, 1.807) is 19.0 Å². The predicted molar refractivity (Wildman–Crippen MR) is 114 cm³/mol.